The lowest BCUT2D eigenvalue weighted by atomic mass is 10.0. The Hall–Kier alpha value is -2.25. The Bertz CT molecular complexity index is 914. The zero-order valence-corrected chi connectivity index (χ0v) is 17.3. The first-order valence-electron chi connectivity index (χ1n) is 11.2. The van der Waals surface area contributed by atoms with Crippen molar-refractivity contribution in [1.82, 2.24) is 20.0 Å². The molecule has 1 atom stereocenters. The second kappa shape index (κ2) is 8.47. The number of carbonyl (C=O) groups excluding carboxylic acids is 1. The third-order valence-electron chi connectivity index (χ3n) is 6.69. The number of para-hydroxylation sites is 1. The molecule has 1 aromatic carbocycles. The van der Waals surface area contributed by atoms with Gasteiger partial charge in [0.05, 0.1) is 6.61 Å². The summed E-state index contributed by atoms with van der Waals surface area (Å²) in [5.74, 6) is 0.216. The Balaban J connectivity index is 1.25. The van der Waals surface area contributed by atoms with Crippen molar-refractivity contribution in [3.05, 3.63) is 47.0 Å². The summed E-state index contributed by atoms with van der Waals surface area (Å²) in [6.45, 7) is 4.88. The van der Waals surface area contributed by atoms with Crippen molar-refractivity contribution in [1.29, 1.82) is 0 Å². The van der Waals surface area contributed by atoms with Crippen molar-refractivity contribution in [3.63, 3.8) is 0 Å². The fourth-order valence-corrected chi connectivity index (χ4v) is 5.05. The van der Waals surface area contributed by atoms with Crippen molar-refractivity contribution in [2.75, 3.05) is 32.8 Å². The standard InChI is InChI=1S/C23H29FN4O2/c24-19-5-1-2-6-21(19)28-20-7-3-4-18(20)22(26-28)23(29)25-17-8-11-27(12-9-17)14-16-10-13-30-15-16/h1-2,5-6,16-17H,3-4,7-15H2,(H,25,29). The molecule has 0 spiro atoms. The number of amides is 1. The molecule has 2 aliphatic heterocycles. The number of hydrogen-bond acceptors (Lipinski definition) is 4. The van der Waals surface area contributed by atoms with Gasteiger partial charge >= 0.3 is 0 Å². The van der Waals surface area contributed by atoms with Gasteiger partial charge in [-0.05, 0) is 56.6 Å². The number of rotatable bonds is 5. The summed E-state index contributed by atoms with van der Waals surface area (Å²) >= 11 is 0. The van der Waals surface area contributed by atoms with Gasteiger partial charge in [0, 0.05) is 43.5 Å². The molecule has 0 bridgehead atoms. The van der Waals surface area contributed by atoms with Crippen molar-refractivity contribution in [3.8, 4) is 5.69 Å². The van der Waals surface area contributed by atoms with Gasteiger partial charge in [-0.15, -0.1) is 0 Å². The van der Waals surface area contributed by atoms with E-state index in [1.54, 1.807) is 22.9 Å². The number of likely N-dealkylation sites (tertiary alicyclic amines) is 1. The van der Waals surface area contributed by atoms with Crippen LogP contribution in [-0.2, 0) is 17.6 Å². The van der Waals surface area contributed by atoms with Crippen LogP contribution in [0.15, 0.2) is 24.3 Å². The Kier molecular flexibility index (Phi) is 5.56. The molecule has 7 heteroatoms. The number of ether oxygens (including phenoxy) is 1. The highest BCUT2D eigenvalue weighted by Gasteiger charge is 2.30. The van der Waals surface area contributed by atoms with E-state index < -0.39 is 0 Å². The lowest BCUT2D eigenvalue weighted by Crippen LogP contribution is -2.46. The van der Waals surface area contributed by atoms with Crippen LogP contribution in [-0.4, -0.2) is 59.5 Å². The van der Waals surface area contributed by atoms with E-state index in [4.69, 9.17) is 4.74 Å². The normalized spacial score (nSPS) is 22.4. The molecule has 6 nitrogen and oxygen atoms in total. The van der Waals surface area contributed by atoms with Crippen LogP contribution >= 0.6 is 0 Å². The minimum atomic E-state index is -0.318. The van der Waals surface area contributed by atoms with Crippen molar-refractivity contribution in [2.24, 2.45) is 5.92 Å². The molecule has 2 saturated heterocycles. The van der Waals surface area contributed by atoms with Crippen LogP contribution in [0.1, 0.15) is 47.4 Å². The average Bonchev–Trinajstić information content (AvgIpc) is 3.48. The molecule has 2 fully saturated rings. The molecule has 2 aromatic rings. The number of nitrogens with zero attached hydrogens (tertiary/aromatic N) is 3. The van der Waals surface area contributed by atoms with Gasteiger partial charge in [-0.2, -0.15) is 5.10 Å². The van der Waals surface area contributed by atoms with Crippen LogP contribution in [0, 0.1) is 11.7 Å². The average molecular weight is 413 g/mol. The van der Waals surface area contributed by atoms with E-state index in [0.29, 0.717) is 17.3 Å². The zero-order chi connectivity index (χ0) is 20.5. The van der Waals surface area contributed by atoms with Gasteiger partial charge in [-0.3, -0.25) is 4.79 Å². The van der Waals surface area contributed by atoms with E-state index in [1.807, 2.05) is 0 Å². The highest BCUT2D eigenvalue weighted by Crippen LogP contribution is 2.29. The topological polar surface area (TPSA) is 59.4 Å². The molecule has 1 N–H and O–H groups in total. The predicted octanol–water partition coefficient (Wildman–Crippen LogP) is 2.73. The maximum absolute atomic E-state index is 14.3. The number of hydrogen-bond donors (Lipinski definition) is 1. The molecule has 5 rings (SSSR count). The number of benzene rings is 1. The van der Waals surface area contributed by atoms with Crippen LogP contribution in [0.3, 0.4) is 0 Å². The second-order valence-corrected chi connectivity index (χ2v) is 8.77. The van der Waals surface area contributed by atoms with Gasteiger partial charge in [-0.25, -0.2) is 9.07 Å². The van der Waals surface area contributed by atoms with Crippen LogP contribution < -0.4 is 5.32 Å². The van der Waals surface area contributed by atoms with Crippen molar-refractivity contribution < 1.29 is 13.9 Å². The zero-order valence-electron chi connectivity index (χ0n) is 17.3. The number of piperidine rings is 1. The van der Waals surface area contributed by atoms with E-state index in [9.17, 15) is 9.18 Å². The van der Waals surface area contributed by atoms with E-state index in [0.717, 1.165) is 82.6 Å². The highest BCUT2D eigenvalue weighted by molar-refractivity contribution is 5.94. The molecule has 1 aromatic heterocycles. The summed E-state index contributed by atoms with van der Waals surface area (Å²) < 4.78 is 21.5. The van der Waals surface area contributed by atoms with Crippen molar-refractivity contribution in [2.45, 2.75) is 44.6 Å². The fraction of sp³-hybridized carbons (Fsp3) is 0.565. The van der Waals surface area contributed by atoms with Gasteiger partial charge in [-0.1, -0.05) is 12.1 Å². The van der Waals surface area contributed by atoms with Crippen LogP contribution in [0.2, 0.25) is 0 Å². The summed E-state index contributed by atoms with van der Waals surface area (Å²) in [7, 11) is 0. The minimum absolute atomic E-state index is 0.120. The maximum Gasteiger partial charge on any atom is 0.272 e. The number of halogens is 1. The van der Waals surface area contributed by atoms with E-state index in [2.05, 4.69) is 15.3 Å². The van der Waals surface area contributed by atoms with Gasteiger partial charge < -0.3 is 15.0 Å². The molecule has 1 amide bonds. The lowest BCUT2D eigenvalue weighted by molar-refractivity contribution is 0.0897. The van der Waals surface area contributed by atoms with Crippen molar-refractivity contribution >= 4 is 5.91 Å². The largest absolute Gasteiger partial charge is 0.381 e. The summed E-state index contributed by atoms with van der Waals surface area (Å²) in [4.78, 5) is 15.5. The predicted molar refractivity (Wildman–Crippen MR) is 111 cm³/mol. The molecular formula is C23H29FN4O2. The first-order chi connectivity index (χ1) is 14.7. The molecule has 160 valence electrons. The fourth-order valence-electron chi connectivity index (χ4n) is 5.05. The number of fused-ring (bicyclic) bond motifs is 1. The van der Waals surface area contributed by atoms with Crippen LogP contribution in [0.5, 0.6) is 0 Å². The van der Waals surface area contributed by atoms with Crippen LogP contribution in [0.4, 0.5) is 4.39 Å². The summed E-state index contributed by atoms with van der Waals surface area (Å²) in [5, 5.41) is 7.75. The number of nitrogens with one attached hydrogen (secondary N) is 1. The monoisotopic (exact) mass is 412 g/mol. The quantitative estimate of drug-likeness (QED) is 0.821. The molecule has 30 heavy (non-hydrogen) atoms. The molecule has 0 saturated carbocycles. The Morgan fingerprint density at radius 2 is 2.03 bits per heavy atom. The maximum atomic E-state index is 14.3. The van der Waals surface area contributed by atoms with E-state index in [-0.39, 0.29) is 17.8 Å². The van der Waals surface area contributed by atoms with E-state index >= 15 is 0 Å². The number of aromatic nitrogens is 2. The molecule has 1 aliphatic carbocycles. The Morgan fingerprint density at radius 3 is 2.80 bits per heavy atom. The van der Waals surface area contributed by atoms with Gasteiger partial charge in [0.2, 0.25) is 0 Å². The molecule has 1 unspecified atom stereocenters. The second-order valence-electron chi connectivity index (χ2n) is 8.77. The molecular weight excluding hydrogens is 383 g/mol. The highest BCUT2D eigenvalue weighted by atomic mass is 19.1. The van der Waals surface area contributed by atoms with Crippen LogP contribution in [0.25, 0.3) is 5.69 Å². The van der Waals surface area contributed by atoms with Gasteiger partial charge in [0.1, 0.15) is 11.5 Å². The third-order valence-corrected chi connectivity index (χ3v) is 6.69. The number of carbonyl (C=O) groups is 1. The van der Waals surface area contributed by atoms with Gasteiger partial charge in [0.25, 0.3) is 5.91 Å². The summed E-state index contributed by atoms with van der Waals surface area (Å²) in [6, 6.07) is 6.79. The summed E-state index contributed by atoms with van der Waals surface area (Å²) in [5.41, 5.74) is 2.84. The first-order valence-corrected chi connectivity index (χ1v) is 11.2. The van der Waals surface area contributed by atoms with Gasteiger partial charge in [0.15, 0.2) is 5.69 Å². The Morgan fingerprint density at radius 1 is 1.20 bits per heavy atom. The molecule has 3 heterocycles. The first kappa shape index (κ1) is 19.7. The minimum Gasteiger partial charge on any atom is -0.381 e. The third kappa shape index (κ3) is 3.88. The lowest BCUT2D eigenvalue weighted by Gasteiger charge is -2.33. The summed E-state index contributed by atoms with van der Waals surface area (Å²) in [6.07, 6.45) is 5.70. The molecule has 0 radical (unpaired) electrons. The SMILES string of the molecule is O=C(NC1CCN(CC2CCOC2)CC1)c1nn(-c2ccccc2F)c2c1CCC2. The Labute approximate surface area is 176 Å². The van der Waals surface area contributed by atoms with E-state index in [1.165, 1.54) is 6.07 Å². The molecule has 3 aliphatic rings. The smallest absolute Gasteiger partial charge is 0.272 e.